The third-order valence-corrected chi connectivity index (χ3v) is 2.79. The zero-order chi connectivity index (χ0) is 10.8. The van der Waals surface area contributed by atoms with E-state index in [1.807, 2.05) is 0 Å². The molecule has 0 amide bonds. The summed E-state index contributed by atoms with van der Waals surface area (Å²) in [6, 6.07) is 0.692. The van der Waals surface area contributed by atoms with Gasteiger partial charge in [0.15, 0.2) is 0 Å². The fraction of sp³-hybridized carbons (Fsp3) is 1.00. The maximum absolute atomic E-state index is 5.02. The van der Waals surface area contributed by atoms with Gasteiger partial charge in [0.25, 0.3) is 0 Å². The second-order valence-corrected chi connectivity index (χ2v) is 4.33. The molecule has 1 atom stereocenters. The molecular weight excluding hydrogens is 174 g/mol. The number of hydrogen-bond donors (Lipinski definition) is 1. The Morgan fingerprint density at radius 2 is 1.71 bits per heavy atom. The maximum atomic E-state index is 5.02. The minimum Gasteiger partial charge on any atom is -0.385 e. The molecule has 2 nitrogen and oxygen atoms in total. The van der Waals surface area contributed by atoms with E-state index in [9.17, 15) is 0 Å². The molecule has 0 aromatic rings. The highest BCUT2D eigenvalue weighted by Gasteiger charge is 2.09. The molecule has 0 aliphatic carbocycles. The number of methoxy groups -OCH3 is 1. The van der Waals surface area contributed by atoms with Crippen molar-refractivity contribution in [1.29, 1.82) is 0 Å². The average Bonchev–Trinajstić information content (AvgIpc) is 2.16. The fourth-order valence-corrected chi connectivity index (χ4v) is 1.78. The molecule has 0 aromatic heterocycles. The zero-order valence-electron chi connectivity index (χ0n) is 10.3. The van der Waals surface area contributed by atoms with Crippen molar-refractivity contribution in [2.75, 3.05) is 20.8 Å². The Hall–Kier alpha value is -0.0800. The van der Waals surface area contributed by atoms with Crippen LogP contribution in [0.5, 0.6) is 0 Å². The lowest BCUT2D eigenvalue weighted by atomic mass is 9.98. The molecule has 0 bridgehead atoms. The highest BCUT2D eigenvalue weighted by molar-refractivity contribution is 4.67. The van der Waals surface area contributed by atoms with Crippen molar-refractivity contribution in [3.63, 3.8) is 0 Å². The summed E-state index contributed by atoms with van der Waals surface area (Å²) in [5.41, 5.74) is 0. The molecule has 14 heavy (non-hydrogen) atoms. The second-order valence-electron chi connectivity index (χ2n) is 4.33. The highest BCUT2D eigenvalue weighted by Crippen LogP contribution is 2.11. The van der Waals surface area contributed by atoms with Gasteiger partial charge in [-0.05, 0) is 25.8 Å². The van der Waals surface area contributed by atoms with Gasteiger partial charge in [-0.2, -0.15) is 0 Å². The van der Waals surface area contributed by atoms with E-state index < -0.39 is 0 Å². The average molecular weight is 201 g/mol. The summed E-state index contributed by atoms with van der Waals surface area (Å²) in [6.45, 7) is 5.48. The van der Waals surface area contributed by atoms with Crippen LogP contribution in [0.15, 0.2) is 0 Å². The van der Waals surface area contributed by atoms with Crippen molar-refractivity contribution in [2.45, 2.75) is 52.0 Å². The van der Waals surface area contributed by atoms with Crippen molar-refractivity contribution in [2.24, 2.45) is 5.92 Å². The minimum absolute atomic E-state index is 0.692. The van der Waals surface area contributed by atoms with Crippen LogP contribution in [0.4, 0.5) is 0 Å². The van der Waals surface area contributed by atoms with Gasteiger partial charge >= 0.3 is 0 Å². The zero-order valence-corrected chi connectivity index (χ0v) is 10.3. The molecule has 0 aliphatic heterocycles. The molecule has 86 valence electrons. The monoisotopic (exact) mass is 201 g/mol. The number of unbranched alkanes of at least 4 members (excludes halogenated alkanes) is 3. The predicted molar refractivity (Wildman–Crippen MR) is 62.6 cm³/mol. The van der Waals surface area contributed by atoms with Crippen LogP contribution in [-0.2, 0) is 4.74 Å². The van der Waals surface area contributed by atoms with Crippen LogP contribution in [0, 0.1) is 5.92 Å². The molecule has 0 rings (SSSR count). The Balaban J connectivity index is 3.25. The minimum atomic E-state index is 0.692. The van der Waals surface area contributed by atoms with Gasteiger partial charge in [0.05, 0.1) is 0 Å². The first kappa shape index (κ1) is 13.9. The van der Waals surface area contributed by atoms with Crippen LogP contribution in [-0.4, -0.2) is 26.8 Å². The molecule has 2 heteroatoms. The standard InChI is InChI=1S/C12H27NO/c1-11(2)12(13-3)9-7-5-6-8-10-14-4/h11-13H,5-10H2,1-4H3. The van der Waals surface area contributed by atoms with Crippen molar-refractivity contribution in [3.8, 4) is 0 Å². The van der Waals surface area contributed by atoms with Crippen molar-refractivity contribution in [3.05, 3.63) is 0 Å². The summed E-state index contributed by atoms with van der Waals surface area (Å²) in [6.07, 6.45) is 6.51. The largest absolute Gasteiger partial charge is 0.385 e. The summed E-state index contributed by atoms with van der Waals surface area (Å²) in [5.74, 6) is 0.749. The van der Waals surface area contributed by atoms with Crippen LogP contribution >= 0.6 is 0 Å². The van der Waals surface area contributed by atoms with Gasteiger partial charge in [0.2, 0.25) is 0 Å². The van der Waals surface area contributed by atoms with Crippen LogP contribution in [0.1, 0.15) is 46.0 Å². The summed E-state index contributed by atoms with van der Waals surface area (Å²) in [4.78, 5) is 0. The maximum Gasteiger partial charge on any atom is 0.0462 e. The first-order valence-electron chi connectivity index (χ1n) is 5.88. The highest BCUT2D eigenvalue weighted by atomic mass is 16.5. The van der Waals surface area contributed by atoms with Gasteiger partial charge in [0, 0.05) is 19.8 Å². The van der Waals surface area contributed by atoms with E-state index in [2.05, 4.69) is 26.2 Å². The molecule has 0 aliphatic rings. The Bertz CT molecular complexity index is 115. The van der Waals surface area contributed by atoms with E-state index in [1.165, 1.54) is 32.1 Å². The lowest BCUT2D eigenvalue weighted by Gasteiger charge is -2.19. The summed E-state index contributed by atoms with van der Waals surface area (Å²) in [7, 11) is 3.84. The third-order valence-electron chi connectivity index (χ3n) is 2.79. The van der Waals surface area contributed by atoms with Crippen LogP contribution in [0.25, 0.3) is 0 Å². The molecule has 1 N–H and O–H groups in total. The Morgan fingerprint density at radius 3 is 2.21 bits per heavy atom. The number of rotatable bonds is 9. The van der Waals surface area contributed by atoms with E-state index in [1.54, 1.807) is 7.11 Å². The van der Waals surface area contributed by atoms with Crippen LogP contribution in [0.2, 0.25) is 0 Å². The van der Waals surface area contributed by atoms with Crippen LogP contribution in [0.3, 0.4) is 0 Å². The number of hydrogen-bond acceptors (Lipinski definition) is 2. The first-order chi connectivity index (χ1) is 6.72. The van der Waals surface area contributed by atoms with Gasteiger partial charge in [-0.1, -0.05) is 33.1 Å². The molecule has 0 saturated carbocycles. The van der Waals surface area contributed by atoms with Gasteiger partial charge in [0.1, 0.15) is 0 Å². The van der Waals surface area contributed by atoms with E-state index >= 15 is 0 Å². The number of nitrogens with one attached hydrogen (secondary N) is 1. The molecule has 0 spiro atoms. The van der Waals surface area contributed by atoms with E-state index in [0.29, 0.717) is 6.04 Å². The predicted octanol–water partition coefficient (Wildman–Crippen LogP) is 2.83. The second kappa shape index (κ2) is 9.47. The van der Waals surface area contributed by atoms with Crippen molar-refractivity contribution in [1.82, 2.24) is 5.32 Å². The summed E-state index contributed by atoms with van der Waals surface area (Å²) >= 11 is 0. The lowest BCUT2D eigenvalue weighted by molar-refractivity contribution is 0.191. The fourth-order valence-electron chi connectivity index (χ4n) is 1.78. The number of ether oxygens (including phenoxy) is 1. The van der Waals surface area contributed by atoms with Crippen molar-refractivity contribution >= 4 is 0 Å². The van der Waals surface area contributed by atoms with E-state index in [-0.39, 0.29) is 0 Å². The first-order valence-corrected chi connectivity index (χ1v) is 5.88. The third kappa shape index (κ3) is 7.34. The normalized spacial score (nSPS) is 13.5. The van der Waals surface area contributed by atoms with Crippen molar-refractivity contribution < 1.29 is 4.74 Å². The summed E-state index contributed by atoms with van der Waals surface area (Å²) < 4.78 is 5.02. The van der Waals surface area contributed by atoms with E-state index in [0.717, 1.165) is 12.5 Å². The SMILES string of the molecule is CNC(CCCCCCOC)C(C)C. The summed E-state index contributed by atoms with van der Waals surface area (Å²) in [5, 5.41) is 3.38. The lowest BCUT2D eigenvalue weighted by Crippen LogP contribution is -2.30. The van der Waals surface area contributed by atoms with E-state index in [4.69, 9.17) is 4.74 Å². The van der Waals surface area contributed by atoms with Gasteiger partial charge in [-0.15, -0.1) is 0 Å². The molecule has 0 fully saturated rings. The van der Waals surface area contributed by atoms with Gasteiger partial charge in [-0.25, -0.2) is 0 Å². The quantitative estimate of drug-likeness (QED) is 0.579. The van der Waals surface area contributed by atoms with Gasteiger partial charge < -0.3 is 10.1 Å². The topological polar surface area (TPSA) is 21.3 Å². The molecule has 1 unspecified atom stereocenters. The molecule has 0 radical (unpaired) electrons. The molecule has 0 aromatic carbocycles. The Kier molecular flexibility index (Phi) is 9.42. The Labute approximate surface area is 89.4 Å². The molecule has 0 saturated heterocycles. The van der Waals surface area contributed by atoms with Gasteiger partial charge in [-0.3, -0.25) is 0 Å². The molecular formula is C12H27NO. The Morgan fingerprint density at radius 1 is 1.07 bits per heavy atom. The van der Waals surface area contributed by atoms with Crippen LogP contribution < -0.4 is 5.32 Å². The smallest absolute Gasteiger partial charge is 0.0462 e. The molecule has 0 heterocycles.